The SMILES string of the molecule is CN(C(=O)Cc1ccc(Cl)c(Cl)c1)[C@H](CN1CCCC1)c1cccc(NC(=O)CNC(=O)CNC(=O)CCCCC(=O)NCC(=O)NCC(=O)Nc2ccc3c4c([nH]c3c2)[C@@H]2Oc3c(O)ccc5c3[C@@]23CCN(CC2CC2)[C@@H](C5)[C@]3(O)C4)c1. The number of H-pyrrole nitrogens is 1. The third kappa shape index (κ3) is 12.1. The summed E-state index contributed by atoms with van der Waals surface area (Å²) in [6.45, 7) is 2.87. The Morgan fingerprint density at radius 2 is 1.43 bits per heavy atom. The van der Waals surface area contributed by atoms with E-state index in [9.17, 15) is 43.8 Å². The molecule has 11 rings (SSSR count). The van der Waals surface area contributed by atoms with Crippen LogP contribution in [-0.2, 0) is 58.2 Å². The Morgan fingerprint density at radius 1 is 0.771 bits per heavy atom. The van der Waals surface area contributed by atoms with Crippen LogP contribution >= 0.6 is 23.2 Å². The van der Waals surface area contributed by atoms with Gasteiger partial charge in [0.15, 0.2) is 17.6 Å². The lowest BCUT2D eigenvalue weighted by Crippen LogP contribution is -2.74. The number of likely N-dealkylation sites (N-methyl/N-ethyl adjacent to an activating group) is 1. The number of nitrogens with zero attached hydrogens (tertiary/aromatic N) is 3. The Morgan fingerprint density at radius 3 is 2.11 bits per heavy atom. The summed E-state index contributed by atoms with van der Waals surface area (Å²) in [5.41, 5.74) is 5.34. The molecule has 83 heavy (non-hydrogen) atoms. The summed E-state index contributed by atoms with van der Waals surface area (Å²) in [6, 6.07) is 21.2. The van der Waals surface area contributed by atoms with Gasteiger partial charge in [0, 0.05) is 73.3 Å². The number of nitrogens with one attached hydrogen (secondary N) is 7. The average Bonchev–Trinajstić information content (AvgIpc) is 1.59. The standard InChI is InChI=1S/C61H70Cl2N10O10/c1-71(55(81)24-36-13-17-43(62)44(63)23-36)46(34-72-20-4-5-21-72)37-7-6-8-39(25-37)68-53(79)31-66-51(77)29-64-49(75)9-2-3-10-50(76)65-30-52(78)67-32-54(80)69-40-15-16-41-42-28-61(82)48-26-38-14-18-47(74)58-56(38)60(61,19-22-73(48)33-35-11-12-35)59(83-58)57(42)70-45(41)27-40/h6-8,13-18,23,25,27,35,46,48,59,70,74,82H,2-5,9-12,19-22,24,26,28-34H2,1H3,(H,64,75)(H,65,76)(H,66,77)(H,67,78)(H,68,79)(H,69,80)/t46-,48+,59+,60+,61-/m1/s1. The normalized spacial score (nSPS) is 21.4. The summed E-state index contributed by atoms with van der Waals surface area (Å²) in [5.74, 6) is -1.83. The zero-order valence-corrected chi connectivity index (χ0v) is 47.9. The quantitative estimate of drug-likeness (QED) is 0.0377. The number of phenolic OH excluding ortho intramolecular Hbond substituents is 1. The number of carbonyl (C=O) groups is 7. The van der Waals surface area contributed by atoms with E-state index in [1.807, 2.05) is 30.3 Å². The fraction of sp³-hybridized carbons (Fsp3) is 0.459. The number of aromatic nitrogens is 1. The molecule has 7 amide bonds. The number of ether oxygens (including phenoxy) is 1. The fourth-order valence-corrected chi connectivity index (χ4v) is 13.6. The van der Waals surface area contributed by atoms with E-state index in [1.54, 1.807) is 54.4 Å². The lowest BCUT2D eigenvalue weighted by atomic mass is 9.49. The number of aliphatic hydroxyl groups is 1. The highest BCUT2D eigenvalue weighted by molar-refractivity contribution is 6.42. The van der Waals surface area contributed by atoms with Gasteiger partial charge in [0.2, 0.25) is 41.4 Å². The van der Waals surface area contributed by atoms with Crippen molar-refractivity contribution in [3.63, 3.8) is 0 Å². The number of hydrogen-bond donors (Lipinski definition) is 9. The van der Waals surface area contributed by atoms with Gasteiger partial charge in [-0.05, 0) is 142 Å². The van der Waals surface area contributed by atoms with Gasteiger partial charge in [0.05, 0.1) is 65.4 Å². The first-order chi connectivity index (χ1) is 40.0. The first-order valence-electron chi connectivity index (χ1n) is 28.8. The highest BCUT2D eigenvalue weighted by Gasteiger charge is 2.73. The van der Waals surface area contributed by atoms with Crippen molar-refractivity contribution in [2.75, 3.05) is 76.6 Å². The summed E-state index contributed by atoms with van der Waals surface area (Å²) in [4.78, 5) is 99.9. The summed E-state index contributed by atoms with van der Waals surface area (Å²) in [5, 5.41) is 41.6. The molecule has 0 unspecified atom stereocenters. The summed E-state index contributed by atoms with van der Waals surface area (Å²) >= 11 is 12.3. The number of amides is 7. The van der Waals surface area contributed by atoms with Crippen molar-refractivity contribution < 1.29 is 48.5 Å². The lowest BCUT2D eigenvalue weighted by molar-refractivity contribution is -0.173. The van der Waals surface area contributed by atoms with Gasteiger partial charge in [-0.2, -0.15) is 0 Å². The maximum Gasteiger partial charge on any atom is 0.243 e. The molecule has 3 fully saturated rings. The smallest absolute Gasteiger partial charge is 0.243 e. The minimum atomic E-state index is -1.13. The first kappa shape index (κ1) is 57.6. The second-order valence-corrected chi connectivity index (χ2v) is 24.0. The van der Waals surface area contributed by atoms with Crippen LogP contribution in [0.2, 0.25) is 10.0 Å². The molecule has 4 aromatic carbocycles. The molecular formula is C61H70Cl2N10O10. The van der Waals surface area contributed by atoms with Crippen molar-refractivity contribution >= 4 is 86.8 Å². The molecule has 1 aromatic heterocycles. The summed E-state index contributed by atoms with van der Waals surface area (Å²) in [7, 11) is 1.77. The molecule has 9 N–H and O–H groups in total. The first-order valence-corrected chi connectivity index (χ1v) is 29.5. The molecule has 0 radical (unpaired) electrons. The average molecular weight is 1170 g/mol. The number of piperidine rings is 1. The molecule has 5 aromatic rings. The molecule has 2 bridgehead atoms. The summed E-state index contributed by atoms with van der Waals surface area (Å²) in [6.07, 6.45) is 6.74. The van der Waals surface area contributed by atoms with Crippen LogP contribution in [0.5, 0.6) is 11.5 Å². The molecular weight excluding hydrogens is 1100 g/mol. The van der Waals surface area contributed by atoms with E-state index in [-0.39, 0.29) is 69.2 Å². The predicted molar refractivity (Wildman–Crippen MR) is 312 cm³/mol. The van der Waals surface area contributed by atoms with E-state index in [0.29, 0.717) is 71.7 Å². The van der Waals surface area contributed by atoms with E-state index in [0.717, 1.165) is 83.4 Å². The molecule has 2 saturated heterocycles. The van der Waals surface area contributed by atoms with Crippen LogP contribution in [0.3, 0.4) is 0 Å². The van der Waals surface area contributed by atoms with Crippen molar-refractivity contribution in [2.24, 2.45) is 5.92 Å². The predicted octanol–water partition coefficient (Wildman–Crippen LogP) is 5.32. The van der Waals surface area contributed by atoms with Gasteiger partial charge in [-0.15, -0.1) is 0 Å². The van der Waals surface area contributed by atoms with Gasteiger partial charge in [0.25, 0.3) is 0 Å². The number of carbonyl (C=O) groups excluding carboxylic acids is 7. The molecule has 3 aliphatic carbocycles. The summed E-state index contributed by atoms with van der Waals surface area (Å²) < 4.78 is 6.71. The third-order valence-electron chi connectivity index (χ3n) is 17.7. The van der Waals surface area contributed by atoms with E-state index in [4.69, 9.17) is 27.9 Å². The molecule has 22 heteroatoms. The number of hydrogen-bond acceptors (Lipinski definition) is 12. The minimum absolute atomic E-state index is 0.0423. The number of rotatable bonds is 23. The van der Waals surface area contributed by atoms with E-state index >= 15 is 0 Å². The third-order valence-corrected chi connectivity index (χ3v) is 18.4. The van der Waals surface area contributed by atoms with Crippen LogP contribution in [0, 0.1) is 5.92 Å². The molecule has 20 nitrogen and oxygen atoms in total. The van der Waals surface area contributed by atoms with Gasteiger partial charge >= 0.3 is 0 Å². The molecule has 6 aliphatic rings. The van der Waals surface area contributed by atoms with Crippen molar-refractivity contribution in [1.82, 2.24) is 41.0 Å². The maximum atomic E-state index is 13.6. The number of fused-ring (bicyclic) bond motifs is 4. The molecule has 5 atom stereocenters. The molecule has 4 heterocycles. The van der Waals surface area contributed by atoms with Gasteiger partial charge in [-0.3, -0.25) is 38.5 Å². The number of likely N-dealkylation sites (tertiary alicyclic amines) is 2. The minimum Gasteiger partial charge on any atom is -0.504 e. The van der Waals surface area contributed by atoms with Crippen LogP contribution in [0.1, 0.15) is 103 Å². The second-order valence-electron chi connectivity index (χ2n) is 23.2. The number of halogens is 2. The second kappa shape index (κ2) is 24.2. The maximum absolute atomic E-state index is 13.6. The highest BCUT2D eigenvalue weighted by atomic mass is 35.5. The fourth-order valence-electron chi connectivity index (χ4n) is 13.3. The van der Waals surface area contributed by atoms with Crippen LogP contribution in [0.4, 0.5) is 11.4 Å². The van der Waals surface area contributed by atoms with E-state index in [1.165, 1.54) is 12.8 Å². The van der Waals surface area contributed by atoms with Crippen LogP contribution < -0.4 is 36.6 Å². The van der Waals surface area contributed by atoms with Gasteiger partial charge < -0.3 is 61.6 Å². The number of anilines is 2. The number of phenols is 1. The van der Waals surface area contributed by atoms with Gasteiger partial charge in [0.1, 0.15) is 0 Å². The molecule has 1 spiro atoms. The van der Waals surface area contributed by atoms with Crippen molar-refractivity contribution in [2.45, 2.75) is 106 Å². The number of benzene rings is 4. The van der Waals surface area contributed by atoms with Crippen molar-refractivity contribution in [1.29, 1.82) is 0 Å². The molecule has 3 aliphatic heterocycles. The Bertz CT molecular complexity index is 3380. The Kier molecular flexibility index (Phi) is 16.8. The van der Waals surface area contributed by atoms with Crippen LogP contribution in [-0.4, -0.2) is 149 Å². The van der Waals surface area contributed by atoms with Crippen molar-refractivity contribution in [3.05, 3.63) is 116 Å². The Balaban J connectivity index is 0.575. The number of unbranched alkanes of at least 4 members (excludes halogenated alkanes) is 1. The Labute approximate surface area is 490 Å². The van der Waals surface area contributed by atoms with Crippen LogP contribution in [0.25, 0.3) is 10.9 Å². The van der Waals surface area contributed by atoms with E-state index < -0.39 is 52.6 Å². The van der Waals surface area contributed by atoms with Gasteiger partial charge in [-0.1, -0.05) is 53.5 Å². The van der Waals surface area contributed by atoms with Crippen LogP contribution in [0.15, 0.2) is 72.8 Å². The Hall–Kier alpha value is -7.23. The lowest BCUT2D eigenvalue weighted by Gasteiger charge is -2.62. The zero-order valence-electron chi connectivity index (χ0n) is 46.3. The number of aromatic amines is 1. The van der Waals surface area contributed by atoms with Gasteiger partial charge in [-0.25, -0.2) is 0 Å². The van der Waals surface area contributed by atoms with E-state index in [2.05, 4.69) is 46.7 Å². The number of aromatic hydroxyl groups is 1. The monoisotopic (exact) mass is 1170 g/mol. The zero-order chi connectivity index (χ0) is 58.2. The molecule has 1 saturated carbocycles. The van der Waals surface area contributed by atoms with Crippen molar-refractivity contribution in [3.8, 4) is 11.5 Å². The molecule has 438 valence electrons. The largest absolute Gasteiger partial charge is 0.504 e. The topological polar surface area (TPSA) is 267 Å². The highest BCUT2D eigenvalue weighted by Crippen LogP contribution is 2.69.